The topological polar surface area (TPSA) is 66.5 Å². The Morgan fingerprint density at radius 1 is 1.10 bits per heavy atom. The van der Waals surface area contributed by atoms with Gasteiger partial charge in [-0.15, -0.1) is 0 Å². The van der Waals surface area contributed by atoms with Gasteiger partial charge in [-0.25, -0.2) is 0 Å². The van der Waals surface area contributed by atoms with E-state index in [1.54, 1.807) is 24.3 Å². The molecule has 6 heteroatoms. The number of hydrogen-bond acceptors (Lipinski definition) is 3. The van der Waals surface area contributed by atoms with Crippen molar-refractivity contribution < 1.29 is 14.4 Å². The molecular formula is C15H15ClN2O3. The van der Waals surface area contributed by atoms with E-state index in [1.165, 1.54) is 0 Å². The number of carbonyl (C=O) groups is 3. The first kappa shape index (κ1) is 14.1. The van der Waals surface area contributed by atoms with Gasteiger partial charge in [-0.1, -0.05) is 36.6 Å². The van der Waals surface area contributed by atoms with Gasteiger partial charge in [-0.2, -0.15) is 5.01 Å². The molecule has 1 heterocycles. The van der Waals surface area contributed by atoms with Crippen LogP contribution in [0.5, 0.6) is 0 Å². The second-order valence-electron chi connectivity index (χ2n) is 5.43. The Balaban J connectivity index is 1.79. The molecule has 2 unspecified atom stereocenters. The number of nitrogens with zero attached hydrogens (tertiary/aromatic N) is 1. The van der Waals surface area contributed by atoms with Crippen LogP contribution in [-0.4, -0.2) is 22.7 Å². The van der Waals surface area contributed by atoms with Crippen molar-refractivity contribution in [3.63, 3.8) is 0 Å². The number of nitrogens with one attached hydrogen (secondary N) is 1. The summed E-state index contributed by atoms with van der Waals surface area (Å²) < 4.78 is 0. The molecular weight excluding hydrogens is 292 g/mol. The van der Waals surface area contributed by atoms with E-state index in [0.29, 0.717) is 12.8 Å². The third-order valence-electron chi connectivity index (χ3n) is 4.17. The van der Waals surface area contributed by atoms with Gasteiger partial charge in [0.1, 0.15) is 0 Å². The van der Waals surface area contributed by atoms with Gasteiger partial charge in [0, 0.05) is 0 Å². The fourth-order valence-corrected chi connectivity index (χ4v) is 3.30. The maximum Gasteiger partial charge on any atom is 0.271 e. The summed E-state index contributed by atoms with van der Waals surface area (Å²) in [5.74, 6) is -1.70. The minimum atomic E-state index is -0.541. The number of halogens is 1. The third kappa shape index (κ3) is 2.42. The van der Waals surface area contributed by atoms with Crippen LogP contribution in [0.2, 0.25) is 5.02 Å². The van der Waals surface area contributed by atoms with Gasteiger partial charge >= 0.3 is 0 Å². The van der Waals surface area contributed by atoms with Crippen LogP contribution in [0.4, 0.5) is 0 Å². The van der Waals surface area contributed by atoms with Gasteiger partial charge in [-0.3, -0.25) is 19.8 Å². The van der Waals surface area contributed by atoms with E-state index in [0.717, 1.165) is 17.9 Å². The number of benzene rings is 1. The highest BCUT2D eigenvalue weighted by Gasteiger charge is 2.49. The van der Waals surface area contributed by atoms with Crippen LogP contribution < -0.4 is 5.43 Å². The Morgan fingerprint density at radius 3 is 2.24 bits per heavy atom. The Hall–Kier alpha value is -1.88. The largest absolute Gasteiger partial charge is 0.272 e. The van der Waals surface area contributed by atoms with Crippen LogP contribution in [0.3, 0.4) is 0 Å². The second-order valence-corrected chi connectivity index (χ2v) is 5.84. The molecule has 1 saturated heterocycles. The summed E-state index contributed by atoms with van der Waals surface area (Å²) in [5.41, 5.74) is 2.65. The van der Waals surface area contributed by atoms with Gasteiger partial charge in [0.25, 0.3) is 17.7 Å². The number of fused-ring (bicyclic) bond motifs is 1. The number of hydrogen-bond donors (Lipinski definition) is 1. The lowest BCUT2D eigenvalue weighted by atomic mass is 9.81. The van der Waals surface area contributed by atoms with Gasteiger partial charge in [0.05, 0.1) is 22.4 Å². The molecule has 1 aliphatic carbocycles. The van der Waals surface area contributed by atoms with E-state index in [1.807, 2.05) is 0 Å². The summed E-state index contributed by atoms with van der Waals surface area (Å²) in [6.07, 6.45) is 3.33. The van der Waals surface area contributed by atoms with Crippen molar-refractivity contribution in [2.24, 2.45) is 11.8 Å². The molecule has 1 N–H and O–H groups in total. The Morgan fingerprint density at radius 2 is 1.67 bits per heavy atom. The van der Waals surface area contributed by atoms with Gasteiger partial charge in [-0.05, 0) is 25.0 Å². The minimum Gasteiger partial charge on any atom is -0.272 e. The summed E-state index contributed by atoms with van der Waals surface area (Å²) in [4.78, 5) is 36.7. The smallest absolute Gasteiger partial charge is 0.271 e. The van der Waals surface area contributed by atoms with Crippen LogP contribution in [-0.2, 0) is 9.59 Å². The number of imide groups is 1. The molecule has 110 valence electrons. The van der Waals surface area contributed by atoms with E-state index < -0.39 is 5.91 Å². The minimum absolute atomic E-state index is 0.245. The van der Waals surface area contributed by atoms with Gasteiger partial charge in [0.2, 0.25) is 0 Å². The zero-order valence-corrected chi connectivity index (χ0v) is 12.1. The van der Waals surface area contributed by atoms with Gasteiger partial charge < -0.3 is 0 Å². The van der Waals surface area contributed by atoms with Crippen molar-refractivity contribution in [2.75, 3.05) is 0 Å². The fourth-order valence-electron chi connectivity index (χ4n) is 3.08. The van der Waals surface area contributed by atoms with E-state index in [9.17, 15) is 14.4 Å². The highest BCUT2D eigenvalue weighted by Crippen LogP contribution is 2.37. The molecule has 2 aliphatic rings. The molecule has 0 radical (unpaired) electrons. The third-order valence-corrected chi connectivity index (χ3v) is 4.50. The Labute approximate surface area is 127 Å². The number of carbonyl (C=O) groups excluding carboxylic acids is 3. The molecule has 0 aromatic heterocycles. The van der Waals surface area contributed by atoms with E-state index in [4.69, 9.17) is 11.6 Å². The Kier molecular flexibility index (Phi) is 3.68. The molecule has 1 aromatic rings. The fraction of sp³-hybridized carbons (Fsp3) is 0.400. The predicted octanol–water partition coefficient (Wildman–Crippen LogP) is 2.16. The number of hydrazine groups is 1. The first-order valence-electron chi connectivity index (χ1n) is 7.03. The molecule has 5 nitrogen and oxygen atoms in total. The summed E-state index contributed by atoms with van der Waals surface area (Å²) >= 11 is 5.95. The highest BCUT2D eigenvalue weighted by atomic mass is 35.5. The van der Waals surface area contributed by atoms with Crippen molar-refractivity contribution in [1.82, 2.24) is 10.4 Å². The highest BCUT2D eigenvalue weighted by molar-refractivity contribution is 6.33. The second kappa shape index (κ2) is 5.48. The van der Waals surface area contributed by atoms with E-state index in [2.05, 4.69) is 5.43 Å². The van der Waals surface area contributed by atoms with Crippen LogP contribution in [0.25, 0.3) is 0 Å². The monoisotopic (exact) mass is 306 g/mol. The molecule has 3 amide bonds. The maximum atomic E-state index is 12.3. The lowest BCUT2D eigenvalue weighted by molar-refractivity contribution is -0.142. The SMILES string of the molecule is O=C(NN1C(=O)C2CCCCC2C1=O)c1ccccc1Cl. The molecule has 2 atom stereocenters. The molecule has 21 heavy (non-hydrogen) atoms. The molecule has 1 saturated carbocycles. The quantitative estimate of drug-likeness (QED) is 0.852. The zero-order valence-electron chi connectivity index (χ0n) is 11.3. The first-order valence-corrected chi connectivity index (χ1v) is 7.40. The summed E-state index contributed by atoms with van der Waals surface area (Å²) in [7, 11) is 0. The lowest BCUT2D eigenvalue weighted by Gasteiger charge is -2.19. The predicted molar refractivity (Wildman–Crippen MR) is 76.2 cm³/mol. The number of amides is 3. The standard InChI is InChI=1S/C15H15ClN2O3/c16-12-8-4-3-7-11(12)13(19)17-18-14(20)9-5-1-2-6-10(9)15(18)21/h3-4,7-10H,1-2,5-6H2,(H,17,19). The van der Waals surface area contributed by atoms with Crippen LogP contribution in [0.15, 0.2) is 24.3 Å². The molecule has 2 fully saturated rings. The Bertz CT molecular complexity index is 593. The van der Waals surface area contributed by atoms with E-state index in [-0.39, 0.29) is 34.2 Å². The molecule has 3 rings (SSSR count). The molecule has 0 spiro atoms. The first-order chi connectivity index (χ1) is 10.1. The molecule has 1 aliphatic heterocycles. The van der Waals surface area contributed by atoms with Gasteiger partial charge in [0.15, 0.2) is 0 Å². The normalized spacial score (nSPS) is 24.9. The molecule has 1 aromatic carbocycles. The van der Waals surface area contributed by atoms with E-state index >= 15 is 0 Å². The average Bonchev–Trinajstić information content (AvgIpc) is 2.73. The zero-order chi connectivity index (χ0) is 15.0. The lowest BCUT2D eigenvalue weighted by Crippen LogP contribution is -2.46. The van der Waals surface area contributed by atoms with Crippen molar-refractivity contribution in [2.45, 2.75) is 25.7 Å². The van der Waals surface area contributed by atoms with Crippen molar-refractivity contribution in [3.8, 4) is 0 Å². The summed E-state index contributed by atoms with van der Waals surface area (Å²) in [6, 6.07) is 6.52. The number of rotatable bonds is 2. The van der Waals surface area contributed by atoms with Crippen LogP contribution >= 0.6 is 11.6 Å². The van der Waals surface area contributed by atoms with Crippen LogP contribution in [0, 0.1) is 11.8 Å². The van der Waals surface area contributed by atoms with Crippen LogP contribution in [0.1, 0.15) is 36.0 Å². The summed E-state index contributed by atoms with van der Waals surface area (Å²) in [5, 5.41) is 1.17. The van der Waals surface area contributed by atoms with Crippen molar-refractivity contribution in [1.29, 1.82) is 0 Å². The van der Waals surface area contributed by atoms with Crippen molar-refractivity contribution in [3.05, 3.63) is 34.9 Å². The average molecular weight is 307 g/mol. The van der Waals surface area contributed by atoms with Crippen molar-refractivity contribution >= 4 is 29.3 Å². The summed E-state index contributed by atoms with van der Waals surface area (Å²) in [6.45, 7) is 0. The molecule has 0 bridgehead atoms. The maximum absolute atomic E-state index is 12.3.